The number of hydrogen-bond acceptors (Lipinski definition) is 4. The molecule has 0 radical (unpaired) electrons. The summed E-state index contributed by atoms with van der Waals surface area (Å²) >= 11 is 9.71. The number of thiazole rings is 1. The Bertz CT molecular complexity index is 921. The second kappa shape index (κ2) is 13.5. The van der Waals surface area contributed by atoms with Crippen LogP contribution in [0, 0.1) is 0 Å². The summed E-state index contributed by atoms with van der Waals surface area (Å²) in [5.41, 5.74) is 3.02. The first kappa shape index (κ1) is 26.2. The Hall–Kier alpha value is -1.82. The standard InChI is InChI=1S/C20H19ClN2OS2.2C2H6/c1-12(2)20-23-18(11-26-20)16-9-6-14(10-17(16)21)22-19(24)13-4-7-15(25-3)8-5-13;2*1-2/h4-12H,1-3H3,(H,22,24);2*1-2H3. The monoisotopic (exact) mass is 462 g/mol. The molecule has 1 N–H and O–H groups in total. The van der Waals surface area contributed by atoms with Gasteiger partial charge in [-0.25, -0.2) is 4.98 Å². The van der Waals surface area contributed by atoms with E-state index in [1.165, 1.54) is 0 Å². The summed E-state index contributed by atoms with van der Waals surface area (Å²) in [5, 5.41) is 6.56. The number of carbonyl (C=O) groups is 1. The third-order valence-electron chi connectivity index (χ3n) is 3.87. The number of nitrogens with zero attached hydrogens (tertiary/aromatic N) is 1. The van der Waals surface area contributed by atoms with E-state index in [1.54, 1.807) is 29.2 Å². The SMILES string of the molecule is CC.CC.CSc1ccc(C(=O)Nc2ccc(-c3csc(C(C)C)n3)c(Cl)c2)cc1. The molecule has 30 heavy (non-hydrogen) atoms. The lowest BCUT2D eigenvalue weighted by atomic mass is 10.1. The average molecular weight is 463 g/mol. The van der Waals surface area contributed by atoms with Crippen molar-refractivity contribution < 1.29 is 4.79 Å². The first-order valence-electron chi connectivity index (χ1n) is 10.2. The van der Waals surface area contributed by atoms with E-state index in [4.69, 9.17) is 11.6 Å². The highest BCUT2D eigenvalue weighted by Gasteiger charge is 2.12. The van der Waals surface area contributed by atoms with Crippen LogP contribution in [0.4, 0.5) is 5.69 Å². The highest BCUT2D eigenvalue weighted by atomic mass is 35.5. The van der Waals surface area contributed by atoms with Crippen molar-refractivity contribution in [1.82, 2.24) is 4.98 Å². The highest BCUT2D eigenvalue weighted by Crippen LogP contribution is 2.33. The Kier molecular flexibility index (Phi) is 11.8. The molecular formula is C24H31ClN2OS2. The molecule has 1 amide bonds. The number of thioether (sulfide) groups is 1. The molecule has 3 rings (SSSR count). The Labute approximate surface area is 194 Å². The molecular weight excluding hydrogens is 432 g/mol. The number of rotatable bonds is 5. The van der Waals surface area contributed by atoms with E-state index in [2.05, 4.69) is 24.1 Å². The molecule has 162 valence electrons. The van der Waals surface area contributed by atoms with Gasteiger partial charge in [0.15, 0.2) is 0 Å². The van der Waals surface area contributed by atoms with Crippen molar-refractivity contribution >= 4 is 46.3 Å². The van der Waals surface area contributed by atoms with Crippen LogP contribution in [-0.2, 0) is 0 Å². The fourth-order valence-corrected chi connectivity index (χ4v) is 3.94. The molecule has 0 saturated heterocycles. The van der Waals surface area contributed by atoms with Gasteiger partial charge in [-0.1, -0.05) is 53.1 Å². The number of benzene rings is 2. The van der Waals surface area contributed by atoms with Gasteiger partial charge in [-0.3, -0.25) is 4.79 Å². The molecule has 0 spiro atoms. The number of hydrogen-bond donors (Lipinski definition) is 1. The zero-order valence-electron chi connectivity index (χ0n) is 18.7. The van der Waals surface area contributed by atoms with Gasteiger partial charge < -0.3 is 5.32 Å². The summed E-state index contributed by atoms with van der Waals surface area (Å²) in [7, 11) is 0. The van der Waals surface area contributed by atoms with Crippen molar-refractivity contribution in [1.29, 1.82) is 0 Å². The van der Waals surface area contributed by atoms with Crippen LogP contribution in [0.5, 0.6) is 0 Å². The van der Waals surface area contributed by atoms with E-state index in [0.717, 1.165) is 21.2 Å². The van der Waals surface area contributed by atoms with Gasteiger partial charge in [0, 0.05) is 33.0 Å². The second-order valence-electron chi connectivity index (χ2n) is 6.10. The minimum absolute atomic E-state index is 0.155. The molecule has 0 atom stereocenters. The van der Waals surface area contributed by atoms with Gasteiger partial charge in [0.05, 0.1) is 15.7 Å². The topological polar surface area (TPSA) is 42.0 Å². The van der Waals surface area contributed by atoms with E-state index in [-0.39, 0.29) is 5.91 Å². The van der Waals surface area contributed by atoms with Crippen molar-refractivity contribution in [2.75, 3.05) is 11.6 Å². The van der Waals surface area contributed by atoms with Gasteiger partial charge in [0.2, 0.25) is 0 Å². The fourth-order valence-electron chi connectivity index (χ4n) is 2.42. The molecule has 0 fully saturated rings. The Morgan fingerprint density at radius 2 is 1.70 bits per heavy atom. The Morgan fingerprint density at radius 1 is 1.07 bits per heavy atom. The summed E-state index contributed by atoms with van der Waals surface area (Å²) < 4.78 is 0. The largest absolute Gasteiger partial charge is 0.322 e. The minimum atomic E-state index is -0.155. The molecule has 2 aromatic carbocycles. The smallest absolute Gasteiger partial charge is 0.255 e. The summed E-state index contributed by atoms with van der Waals surface area (Å²) in [5.74, 6) is 0.237. The molecule has 0 unspecified atom stereocenters. The van der Waals surface area contributed by atoms with Crippen LogP contribution < -0.4 is 5.32 Å². The third kappa shape index (κ3) is 7.15. The second-order valence-corrected chi connectivity index (χ2v) is 8.28. The molecule has 3 aromatic rings. The van der Waals surface area contributed by atoms with E-state index >= 15 is 0 Å². The van der Waals surface area contributed by atoms with Crippen LogP contribution >= 0.6 is 34.7 Å². The van der Waals surface area contributed by atoms with Gasteiger partial charge in [0.1, 0.15) is 0 Å². The molecule has 0 bridgehead atoms. The van der Waals surface area contributed by atoms with E-state index in [9.17, 15) is 4.79 Å². The molecule has 6 heteroatoms. The van der Waals surface area contributed by atoms with Gasteiger partial charge >= 0.3 is 0 Å². The van der Waals surface area contributed by atoms with E-state index < -0.39 is 0 Å². The maximum atomic E-state index is 12.4. The van der Waals surface area contributed by atoms with Crippen molar-refractivity contribution in [3.8, 4) is 11.3 Å². The summed E-state index contributed by atoms with van der Waals surface area (Å²) in [6.07, 6.45) is 2.01. The minimum Gasteiger partial charge on any atom is -0.322 e. The lowest BCUT2D eigenvalue weighted by Gasteiger charge is -2.08. The Morgan fingerprint density at radius 3 is 2.20 bits per heavy atom. The Balaban J connectivity index is 0.00000106. The van der Waals surface area contributed by atoms with E-state index in [0.29, 0.717) is 22.2 Å². The number of halogens is 1. The van der Waals surface area contributed by atoms with Crippen molar-refractivity contribution in [2.45, 2.75) is 52.4 Å². The maximum absolute atomic E-state index is 12.4. The zero-order chi connectivity index (χ0) is 22.7. The lowest BCUT2D eigenvalue weighted by Crippen LogP contribution is -2.11. The van der Waals surface area contributed by atoms with Crippen molar-refractivity contribution in [2.24, 2.45) is 0 Å². The average Bonchev–Trinajstić information content (AvgIpc) is 3.27. The molecule has 1 heterocycles. The van der Waals surface area contributed by atoms with E-state index in [1.807, 2.05) is 75.7 Å². The van der Waals surface area contributed by atoms with Crippen LogP contribution in [0.2, 0.25) is 5.02 Å². The van der Waals surface area contributed by atoms with Crippen molar-refractivity contribution in [3.05, 3.63) is 63.4 Å². The summed E-state index contributed by atoms with van der Waals surface area (Å²) in [6, 6.07) is 13.0. The molecule has 1 aromatic heterocycles. The normalized spacial score (nSPS) is 9.90. The highest BCUT2D eigenvalue weighted by molar-refractivity contribution is 7.98. The van der Waals surface area contributed by atoms with Crippen LogP contribution in [0.3, 0.4) is 0 Å². The fraction of sp³-hybridized carbons (Fsp3) is 0.333. The molecule has 0 aliphatic rings. The van der Waals surface area contributed by atoms with Gasteiger partial charge in [-0.05, 0) is 48.7 Å². The van der Waals surface area contributed by atoms with Crippen LogP contribution in [0.1, 0.15) is 62.8 Å². The molecule has 0 aliphatic carbocycles. The quantitative estimate of drug-likeness (QED) is 0.386. The summed E-state index contributed by atoms with van der Waals surface area (Å²) in [6.45, 7) is 12.2. The van der Waals surface area contributed by atoms with Crippen LogP contribution in [0.25, 0.3) is 11.3 Å². The van der Waals surface area contributed by atoms with Gasteiger partial charge in [-0.15, -0.1) is 23.1 Å². The number of anilines is 1. The molecule has 3 nitrogen and oxygen atoms in total. The van der Waals surface area contributed by atoms with Crippen LogP contribution in [-0.4, -0.2) is 17.1 Å². The first-order chi connectivity index (χ1) is 14.5. The van der Waals surface area contributed by atoms with Gasteiger partial charge in [-0.2, -0.15) is 0 Å². The number of aromatic nitrogens is 1. The zero-order valence-corrected chi connectivity index (χ0v) is 21.1. The number of amides is 1. The predicted molar refractivity (Wildman–Crippen MR) is 136 cm³/mol. The van der Waals surface area contributed by atoms with Crippen molar-refractivity contribution in [3.63, 3.8) is 0 Å². The van der Waals surface area contributed by atoms with Gasteiger partial charge in [0.25, 0.3) is 5.91 Å². The molecule has 0 aliphatic heterocycles. The third-order valence-corrected chi connectivity index (χ3v) is 6.07. The lowest BCUT2D eigenvalue weighted by molar-refractivity contribution is 0.102. The predicted octanol–water partition coefficient (Wildman–Crippen LogP) is 8.61. The summed E-state index contributed by atoms with van der Waals surface area (Å²) in [4.78, 5) is 18.1. The first-order valence-corrected chi connectivity index (χ1v) is 12.7. The molecule has 0 saturated carbocycles. The number of carbonyl (C=O) groups excluding carboxylic acids is 1. The maximum Gasteiger partial charge on any atom is 0.255 e. The number of nitrogens with one attached hydrogen (secondary N) is 1. The van der Waals surface area contributed by atoms with Crippen LogP contribution in [0.15, 0.2) is 52.7 Å².